The summed E-state index contributed by atoms with van der Waals surface area (Å²) in [6.45, 7) is 1.81. The lowest BCUT2D eigenvalue weighted by Crippen LogP contribution is -2.28. The van der Waals surface area contributed by atoms with Gasteiger partial charge < -0.3 is 5.11 Å². The number of rotatable bonds is 6. The van der Waals surface area contributed by atoms with Crippen LogP contribution in [0.4, 0.5) is 0 Å². The van der Waals surface area contributed by atoms with Crippen LogP contribution in [0.25, 0.3) is 0 Å². The maximum Gasteiger partial charge on any atom is 0.358 e. The molecule has 0 bridgehead atoms. The Hall–Kier alpha value is -1.97. The Kier molecular flexibility index (Phi) is 4.79. The minimum Gasteiger partial charge on any atom is -0.476 e. The van der Waals surface area contributed by atoms with Gasteiger partial charge in [-0.2, -0.15) is 0 Å². The molecule has 0 aliphatic carbocycles. The van der Waals surface area contributed by atoms with E-state index in [9.17, 15) is 13.2 Å². The van der Waals surface area contributed by atoms with Crippen molar-refractivity contribution in [3.63, 3.8) is 0 Å². The number of halogens is 1. The van der Waals surface area contributed by atoms with Crippen LogP contribution in [0.5, 0.6) is 0 Å². The van der Waals surface area contributed by atoms with Crippen molar-refractivity contribution in [1.29, 1.82) is 0 Å². The minimum atomic E-state index is -3.71. The molecule has 0 fully saturated rings. The number of hydrogen-bond donors (Lipinski definition) is 2. The molecule has 2 rings (SSSR count). The smallest absolute Gasteiger partial charge is 0.358 e. The van der Waals surface area contributed by atoms with E-state index in [0.717, 1.165) is 0 Å². The number of benzene rings is 1. The van der Waals surface area contributed by atoms with Crippen molar-refractivity contribution in [2.75, 3.05) is 6.54 Å². The molecule has 2 N–H and O–H groups in total. The first-order valence-corrected chi connectivity index (χ1v) is 8.05. The summed E-state index contributed by atoms with van der Waals surface area (Å²) in [5.74, 6) is -1.19. The average molecular weight is 345 g/mol. The van der Waals surface area contributed by atoms with Crippen molar-refractivity contribution in [3.8, 4) is 0 Å². The number of aromatic carboxylic acids is 1. The van der Waals surface area contributed by atoms with Crippen LogP contribution in [0.3, 0.4) is 0 Å². The summed E-state index contributed by atoms with van der Waals surface area (Å²) < 4.78 is 28.1. The number of nitrogens with one attached hydrogen (secondary N) is 1. The van der Waals surface area contributed by atoms with Gasteiger partial charge in [-0.25, -0.2) is 17.9 Å². The summed E-state index contributed by atoms with van der Waals surface area (Å²) in [6, 6.07) is 4.63. The van der Waals surface area contributed by atoms with Crippen LogP contribution in [0.2, 0.25) is 5.02 Å². The number of aromatic nitrogens is 3. The molecule has 22 heavy (non-hydrogen) atoms. The Balaban J connectivity index is 2.03. The zero-order chi connectivity index (χ0) is 16.3. The molecule has 1 heterocycles. The van der Waals surface area contributed by atoms with Crippen LogP contribution < -0.4 is 4.72 Å². The highest BCUT2D eigenvalue weighted by Gasteiger charge is 2.17. The number of sulfonamides is 1. The molecule has 0 aliphatic rings. The molecule has 0 aliphatic heterocycles. The quantitative estimate of drug-likeness (QED) is 0.805. The molecule has 2 aromatic rings. The fourth-order valence-electron chi connectivity index (χ4n) is 1.76. The second-order valence-electron chi connectivity index (χ2n) is 4.43. The lowest BCUT2D eigenvalue weighted by Gasteiger charge is -2.10. The lowest BCUT2D eigenvalue weighted by atomic mass is 10.2. The Morgan fingerprint density at radius 2 is 2.18 bits per heavy atom. The third-order valence-electron chi connectivity index (χ3n) is 2.90. The summed E-state index contributed by atoms with van der Waals surface area (Å²) in [6.07, 6.45) is 1.22. The van der Waals surface area contributed by atoms with Gasteiger partial charge in [-0.15, -0.1) is 5.10 Å². The zero-order valence-corrected chi connectivity index (χ0v) is 13.1. The predicted molar refractivity (Wildman–Crippen MR) is 78.4 cm³/mol. The topological polar surface area (TPSA) is 114 Å². The van der Waals surface area contributed by atoms with E-state index in [0.29, 0.717) is 10.6 Å². The molecule has 0 saturated heterocycles. The monoisotopic (exact) mass is 344 g/mol. The number of hydrogen-bond acceptors (Lipinski definition) is 5. The van der Waals surface area contributed by atoms with Crippen LogP contribution in [-0.4, -0.2) is 41.0 Å². The first-order chi connectivity index (χ1) is 10.3. The van der Waals surface area contributed by atoms with E-state index in [-0.39, 0.29) is 23.7 Å². The molecule has 0 amide bonds. The Bertz CT molecular complexity index is 803. The number of nitrogens with zero attached hydrogens (tertiary/aromatic N) is 3. The van der Waals surface area contributed by atoms with Gasteiger partial charge in [0.2, 0.25) is 10.0 Å². The van der Waals surface area contributed by atoms with Gasteiger partial charge in [0.1, 0.15) is 0 Å². The van der Waals surface area contributed by atoms with Gasteiger partial charge in [-0.05, 0) is 24.6 Å². The van der Waals surface area contributed by atoms with Gasteiger partial charge in [0.15, 0.2) is 5.69 Å². The number of carboxylic acid groups (broad SMARTS) is 1. The Morgan fingerprint density at radius 1 is 1.45 bits per heavy atom. The van der Waals surface area contributed by atoms with E-state index < -0.39 is 16.0 Å². The summed E-state index contributed by atoms with van der Waals surface area (Å²) in [5, 5.41) is 16.1. The molecule has 10 heteroatoms. The highest BCUT2D eigenvalue weighted by molar-refractivity contribution is 7.89. The molecule has 0 atom stereocenters. The largest absolute Gasteiger partial charge is 0.476 e. The van der Waals surface area contributed by atoms with E-state index in [1.807, 2.05) is 0 Å². The van der Waals surface area contributed by atoms with Crippen LogP contribution >= 0.6 is 11.6 Å². The van der Waals surface area contributed by atoms with Crippen molar-refractivity contribution >= 4 is 27.6 Å². The van der Waals surface area contributed by atoms with Gasteiger partial charge in [-0.1, -0.05) is 22.9 Å². The highest BCUT2D eigenvalue weighted by atomic mass is 35.5. The second kappa shape index (κ2) is 6.42. The lowest BCUT2D eigenvalue weighted by molar-refractivity contribution is 0.0690. The van der Waals surface area contributed by atoms with Crippen LogP contribution in [-0.2, 0) is 16.6 Å². The molecule has 118 valence electrons. The summed E-state index contributed by atoms with van der Waals surface area (Å²) in [7, 11) is -3.71. The molecule has 0 unspecified atom stereocenters. The van der Waals surface area contributed by atoms with Gasteiger partial charge >= 0.3 is 5.97 Å². The zero-order valence-electron chi connectivity index (χ0n) is 11.5. The Morgan fingerprint density at radius 3 is 2.82 bits per heavy atom. The first kappa shape index (κ1) is 16.4. The van der Waals surface area contributed by atoms with Crippen molar-refractivity contribution in [1.82, 2.24) is 19.7 Å². The molecule has 1 aromatic heterocycles. The summed E-state index contributed by atoms with van der Waals surface area (Å²) in [5.41, 5.74) is 0.263. The maximum atomic E-state index is 12.2. The van der Waals surface area contributed by atoms with E-state index in [4.69, 9.17) is 16.7 Å². The average Bonchev–Trinajstić information content (AvgIpc) is 2.90. The van der Waals surface area contributed by atoms with E-state index >= 15 is 0 Å². The van der Waals surface area contributed by atoms with Crippen LogP contribution in [0, 0.1) is 6.92 Å². The Labute approximate surface area is 131 Å². The van der Waals surface area contributed by atoms with Crippen molar-refractivity contribution < 1.29 is 18.3 Å². The molecule has 0 spiro atoms. The third-order valence-corrected chi connectivity index (χ3v) is 4.91. The number of carboxylic acids is 1. The fraction of sp³-hybridized carbons (Fsp3) is 0.250. The van der Waals surface area contributed by atoms with Gasteiger partial charge in [0.05, 0.1) is 17.6 Å². The molecular formula is C12H13ClN4O4S. The minimum absolute atomic E-state index is 0.0384. The molecular weight excluding hydrogens is 332 g/mol. The SMILES string of the molecule is Cc1c(Cl)cccc1S(=O)(=O)NCCn1cc(C(=O)O)nn1. The van der Waals surface area contributed by atoms with Crippen molar-refractivity contribution in [3.05, 3.63) is 40.7 Å². The van der Waals surface area contributed by atoms with Crippen LogP contribution in [0.1, 0.15) is 16.1 Å². The van der Waals surface area contributed by atoms with E-state index in [2.05, 4.69) is 15.0 Å². The second-order valence-corrected chi connectivity index (χ2v) is 6.58. The van der Waals surface area contributed by atoms with Gasteiger partial charge in [0.25, 0.3) is 0 Å². The summed E-state index contributed by atoms with van der Waals surface area (Å²) in [4.78, 5) is 10.8. The molecule has 1 aromatic carbocycles. The molecule has 0 saturated carbocycles. The van der Waals surface area contributed by atoms with E-state index in [1.165, 1.54) is 16.9 Å². The van der Waals surface area contributed by atoms with Gasteiger partial charge in [0, 0.05) is 11.6 Å². The predicted octanol–water partition coefficient (Wildman–Crippen LogP) is 0.917. The van der Waals surface area contributed by atoms with Gasteiger partial charge in [-0.3, -0.25) is 4.68 Å². The number of carbonyl (C=O) groups is 1. The van der Waals surface area contributed by atoms with Crippen molar-refractivity contribution in [2.45, 2.75) is 18.4 Å². The van der Waals surface area contributed by atoms with Crippen molar-refractivity contribution in [2.24, 2.45) is 0 Å². The standard InChI is InChI=1S/C12H13ClN4O4S/c1-8-9(13)3-2-4-11(8)22(20,21)14-5-6-17-7-10(12(18)19)15-16-17/h2-4,7,14H,5-6H2,1H3,(H,18,19). The van der Waals surface area contributed by atoms with E-state index in [1.54, 1.807) is 19.1 Å². The third kappa shape index (κ3) is 3.62. The molecule has 0 radical (unpaired) electrons. The maximum absolute atomic E-state index is 12.2. The fourth-order valence-corrected chi connectivity index (χ4v) is 3.27. The first-order valence-electron chi connectivity index (χ1n) is 6.19. The summed E-state index contributed by atoms with van der Waals surface area (Å²) >= 11 is 5.91. The molecule has 8 nitrogen and oxygen atoms in total. The van der Waals surface area contributed by atoms with Crippen LogP contribution in [0.15, 0.2) is 29.3 Å². The normalized spacial score (nSPS) is 11.5. The highest BCUT2D eigenvalue weighted by Crippen LogP contribution is 2.22.